The van der Waals surface area contributed by atoms with Crippen LogP contribution in [0.15, 0.2) is 12.3 Å². The number of rotatable bonds is 3. The van der Waals surface area contributed by atoms with E-state index >= 15 is 0 Å². The molecule has 0 saturated heterocycles. The van der Waals surface area contributed by atoms with Crippen molar-refractivity contribution < 1.29 is 14.3 Å². The van der Waals surface area contributed by atoms with Gasteiger partial charge < -0.3 is 9.47 Å². The number of hydrogen-bond acceptors (Lipinski definition) is 4. The third-order valence-corrected chi connectivity index (χ3v) is 2.09. The second-order valence-corrected chi connectivity index (χ2v) is 3.42. The number of carbonyl (C=O) groups excluding carboxylic acids is 1. The molecule has 0 fully saturated rings. The molecule has 1 aromatic rings. The average molecular weight is 209 g/mol. The van der Waals surface area contributed by atoms with E-state index in [-0.39, 0.29) is 5.92 Å². The Balaban J connectivity index is 3.28. The van der Waals surface area contributed by atoms with E-state index in [9.17, 15) is 4.79 Å². The minimum Gasteiger partial charge on any atom is -0.494 e. The second kappa shape index (κ2) is 4.77. The summed E-state index contributed by atoms with van der Waals surface area (Å²) in [6.45, 7) is 3.98. The molecule has 0 unspecified atom stereocenters. The van der Waals surface area contributed by atoms with Crippen molar-refractivity contribution >= 4 is 5.97 Å². The van der Waals surface area contributed by atoms with Gasteiger partial charge >= 0.3 is 5.97 Å². The zero-order valence-corrected chi connectivity index (χ0v) is 9.40. The number of hydrogen-bond donors (Lipinski definition) is 0. The molecular weight excluding hydrogens is 194 g/mol. The number of pyridine rings is 1. The fourth-order valence-electron chi connectivity index (χ4n) is 1.36. The maximum Gasteiger partial charge on any atom is 0.341 e. The summed E-state index contributed by atoms with van der Waals surface area (Å²) < 4.78 is 9.86. The van der Waals surface area contributed by atoms with Crippen molar-refractivity contribution in [3.8, 4) is 5.75 Å². The zero-order chi connectivity index (χ0) is 11.4. The molecule has 0 N–H and O–H groups in total. The molecule has 1 rings (SSSR count). The van der Waals surface area contributed by atoms with E-state index in [4.69, 9.17) is 4.74 Å². The van der Waals surface area contributed by atoms with Gasteiger partial charge in [-0.3, -0.25) is 4.98 Å². The molecule has 1 aromatic heterocycles. The Morgan fingerprint density at radius 2 is 2.07 bits per heavy atom. The van der Waals surface area contributed by atoms with Crippen molar-refractivity contribution in [1.29, 1.82) is 0 Å². The highest BCUT2D eigenvalue weighted by molar-refractivity contribution is 5.92. The third kappa shape index (κ3) is 2.26. The Kier molecular flexibility index (Phi) is 3.66. The molecule has 0 amide bonds. The molecule has 0 aromatic carbocycles. The lowest BCUT2D eigenvalue weighted by Crippen LogP contribution is -2.08. The van der Waals surface area contributed by atoms with E-state index in [0.717, 1.165) is 5.69 Å². The van der Waals surface area contributed by atoms with Crippen molar-refractivity contribution in [2.24, 2.45) is 0 Å². The van der Waals surface area contributed by atoms with Gasteiger partial charge in [0.05, 0.1) is 19.9 Å². The van der Waals surface area contributed by atoms with Crippen LogP contribution in [-0.4, -0.2) is 25.2 Å². The van der Waals surface area contributed by atoms with Crippen LogP contribution >= 0.6 is 0 Å². The van der Waals surface area contributed by atoms with Gasteiger partial charge in [-0.25, -0.2) is 4.79 Å². The number of ether oxygens (including phenoxy) is 2. The Hall–Kier alpha value is -1.58. The summed E-state index contributed by atoms with van der Waals surface area (Å²) in [4.78, 5) is 15.6. The largest absolute Gasteiger partial charge is 0.494 e. The molecule has 0 aliphatic heterocycles. The number of carbonyl (C=O) groups is 1. The topological polar surface area (TPSA) is 48.4 Å². The van der Waals surface area contributed by atoms with Gasteiger partial charge in [-0.1, -0.05) is 13.8 Å². The van der Waals surface area contributed by atoms with Gasteiger partial charge in [0.1, 0.15) is 5.56 Å². The summed E-state index contributed by atoms with van der Waals surface area (Å²) in [6.07, 6.45) is 1.59. The summed E-state index contributed by atoms with van der Waals surface area (Å²) in [7, 11) is 2.87. The quantitative estimate of drug-likeness (QED) is 0.714. The number of nitrogens with zero attached hydrogens (tertiary/aromatic N) is 1. The molecule has 1 heterocycles. The molecule has 0 spiro atoms. The van der Waals surface area contributed by atoms with Crippen LogP contribution in [-0.2, 0) is 4.74 Å². The molecule has 0 atom stereocenters. The average Bonchev–Trinajstić information content (AvgIpc) is 2.26. The predicted molar refractivity (Wildman–Crippen MR) is 56.2 cm³/mol. The van der Waals surface area contributed by atoms with Gasteiger partial charge in [0.15, 0.2) is 5.75 Å². The number of esters is 1. The summed E-state index contributed by atoms with van der Waals surface area (Å²) in [5.41, 5.74) is 1.18. The summed E-state index contributed by atoms with van der Waals surface area (Å²) in [5.74, 6) is 0.292. The van der Waals surface area contributed by atoms with Crippen molar-refractivity contribution in [2.75, 3.05) is 14.2 Å². The van der Waals surface area contributed by atoms with Crippen molar-refractivity contribution in [1.82, 2.24) is 4.98 Å². The Morgan fingerprint density at radius 3 is 2.53 bits per heavy atom. The molecule has 0 saturated carbocycles. The molecular formula is C11H15NO3. The van der Waals surface area contributed by atoms with Crippen LogP contribution in [0.25, 0.3) is 0 Å². The number of methoxy groups -OCH3 is 2. The highest BCUT2D eigenvalue weighted by Crippen LogP contribution is 2.28. The molecule has 4 heteroatoms. The zero-order valence-electron chi connectivity index (χ0n) is 9.40. The molecule has 0 bridgehead atoms. The fourth-order valence-corrected chi connectivity index (χ4v) is 1.36. The van der Waals surface area contributed by atoms with E-state index < -0.39 is 5.97 Å². The smallest absolute Gasteiger partial charge is 0.341 e. The molecule has 15 heavy (non-hydrogen) atoms. The van der Waals surface area contributed by atoms with Crippen LogP contribution in [0.3, 0.4) is 0 Å². The normalized spacial score (nSPS) is 10.2. The van der Waals surface area contributed by atoms with Gasteiger partial charge in [-0.05, 0) is 12.0 Å². The highest BCUT2D eigenvalue weighted by atomic mass is 16.5. The van der Waals surface area contributed by atoms with Gasteiger partial charge in [-0.15, -0.1) is 0 Å². The molecule has 0 aliphatic carbocycles. The molecule has 0 aliphatic rings. The predicted octanol–water partition coefficient (Wildman–Crippen LogP) is 2.00. The summed E-state index contributed by atoms with van der Waals surface area (Å²) in [6, 6.07) is 1.59. The summed E-state index contributed by atoms with van der Waals surface area (Å²) in [5, 5.41) is 0. The van der Waals surface area contributed by atoms with Crippen molar-refractivity contribution in [3.05, 3.63) is 23.5 Å². The Morgan fingerprint density at radius 1 is 1.40 bits per heavy atom. The van der Waals surface area contributed by atoms with E-state index in [1.54, 1.807) is 12.3 Å². The van der Waals surface area contributed by atoms with Crippen molar-refractivity contribution in [3.63, 3.8) is 0 Å². The van der Waals surface area contributed by atoms with Crippen LogP contribution in [0.1, 0.15) is 35.8 Å². The maximum atomic E-state index is 11.4. The summed E-state index contributed by atoms with van der Waals surface area (Å²) >= 11 is 0. The minimum absolute atomic E-state index is 0.199. The first-order valence-electron chi connectivity index (χ1n) is 4.73. The van der Waals surface area contributed by atoms with E-state index in [2.05, 4.69) is 9.72 Å². The standard InChI is InChI=1S/C11H15NO3/c1-7(2)9-10(14-3)8(5-6-12-9)11(13)15-4/h5-7H,1-4H3. The van der Waals surface area contributed by atoms with Crippen LogP contribution in [0.5, 0.6) is 5.75 Å². The SMILES string of the molecule is COC(=O)c1ccnc(C(C)C)c1OC. The second-order valence-electron chi connectivity index (χ2n) is 3.42. The van der Waals surface area contributed by atoms with Crippen molar-refractivity contribution in [2.45, 2.75) is 19.8 Å². The van der Waals surface area contributed by atoms with Crippen LogP contribution in [0.4, 0.5) is 0 Å². The molecule has 4 nitrogen and oxygen atoms in total. The van der Waals surface area contributed by atoms with E-state index in [1.807, 2.05) is 13.8 Å². The van der Waals surface area contributed by atoms with Gasteiger partial charge in [0.25, 0.3) is 0 Å². The molecule has 82 valence electrons. The van der Waals surface area contributed by atoms with Crippen LogP contribution < -0.4 is 4.74 Å². The first-order valence-corrected chi connectivity index (χ1v) is 4.73. The first kappa shape index (κ1) is 11.5. The maximum absolute atomic E-state index is 11.4. The minimum atomic E-state index is -0.406. The number of aromatic nitrogens is 1. The van der Waals surface area contributed by atoms with E-state index in [1.165, 1.54) is 14.2 Å². The van der Waals surface area contributed by atoms with Gasteiger partial charge in [0, 0.05) is 6.20 Å². The lowest BCUT2D eigenvalue weighted by molar-refractivity contribution is 0.0596. The fraction of sp³-hybridized carbons (Fsp3) is 0.455. The van der Waals surface area contributed by atoms with Gasteiger partial charge in [-0.2, -0.15) is 0 Å². The van der Waals surface area contributed by atoms with E-state index in [0.29, 0.717) is 11.3 Å². The Labute approximate surface area is 89.2 Å². The first-order chi connectivity index (χ1) is 7.11. The van der Waals surface area contributed by atoms with Gasteiger partial charge in [0.2, 0.25) is 0 Å². The molecule has 0 radical (unpaired) electrons. The lowest BCUT2D eigenvalue weighted by Gasteiger charge is -2.13. The lowest BCUT2D eigenvalue weighted by atomic mass is 10.1. The van der Waals surface area contributed by atoms with Crippen LogP contribution in [0.2, 0.25) is 0 Å². The van der Waals surface area contributed by atoms with Crippen LogP contribution in [0, 0.1) is 0 Å². The highest BCUT2D eigenvalue weighted by Gasteiger charge is 2.18. The Bertz CT molecular complexity index is 361. The third-order valence-electron chi connectivity index (χ3n) is 2.09. The monoisotopic (exact) mass is 209 g/mol.